The molecule has 0 aliphatic carbocycles. The summed E-state index contributed by atoms with van der Waals surface area (Å²) in [6.45, 7) is 0. The predicted molar refractivity (Wildman–Crippen MR) is 73.4 cm³/mol. The van der Waals surface area contributed by atoms with Crippen molar-refractivity contribution in [2.45, 2.75) is 6.04 Å². The molecule has 5 nitrogen and oxygen atoms in total. The third-order valence-corrected chi connectivity index (χ3v) is 3.06. The van der Waals surface area contributed by atoms with Gasteiger partial charge in [-0.05, 0) is 33.6 Å². The van der Waals surface area contributed by atoms with E-state index in [1.165, 1.54) is 21.3 Å². The van der Waals surface area contributed by atoms with Crippen molar-refractivity contribution in [2.24, 2.45) is 5.73 Å². The highest BCUT2D eigenvalue weighted by molar-refractivity contribution is 9.10. The molecule has 0 saturated heterocycles. The molecule has 1 rings (SSSR count). The largest absolute Gasteiger partial charge is 0.495 e. The number of benzene rings is 1. The van der Waals surface area contributed by atoms with Crippen LogP contribution in [-0.4, -0.2) is 27.3 Å². The highest BCUT2D eigenvalue weighted by Gasteiger charge is 2.20. The Hall–Kier alpha value is -0.980. The van der Waals surface area contributed by atoms with Crippen LogP contribution in [0.5, 0.6) is 11.5 Å². The highest BCUT2D eigenvalue weighted by atomic mass is 79.9. The van der Waals surface area contributed by atoms with Crippen molar-refractivity contribution in [3.8, 4) is 11.5 Å². The topological polar surface area (TPSA) is 70.8 Å². The van der Waals surface area contributed by atoms with Gasteiger partial charge in [-0.1, -0.05) is 0 Å². The number of ether oxygens (including phenoxy) is 3. The maximum absolute atomic E-state index is 11.4. The van der Waals surface area contributed by atoms with Gasteiger partial charge in [-0.25, -0.2) is 0 Å². The highest BCUT2D eigenvalue weighted by Crippen LogP contribution is 2.37. The van der Waals surface area contributed by atoms with E-state index in [0.29, 0.717) is 21.5 Å². The molecule has 1 atom stereocenters. The maximum atomic E-state index is 11.4. The van der Waals surface area contributed by atoms with Crippen LogP contribution in [0.2, 0.25) is 0 Å². The lowest BCUT2D eigenvalue weighted by atomic mass is 10.1. The molecule has 2 N–H and O–H groups in total. The minimum absolute atomic E-state index is 0. The molecule has 1 aromatic carbocycles. The molecule has 0 spiro atoms. The van der Waals surface area contributed by atoms with Gasteiger partial charge >= 0.3 is 5.97 Å². The van der Waals surface area contributed by atoms with Crippen molar-refractivity contribution >= 4 is 34.3 Å². The first-order valence-electron chi connectivity index (χ1n) is 4.80. The van der Waals surface area contributed by atoms with Crippen LogP contribution in [-0.2, 0) is 9.53 Å². The molecule has 1 aromatic rings. The number of halogens is 2. The Labute approximate surface area is 120 Å². The van der Waals surface area contributed by atoms with Crippen LogP contribution >= 0.6 is 28.3 Å². The van der Waals surface area contributed by atoms with Crippen LogP contribution < -0.4 is 15.2 Å². The second-order valence-electron chi connectivity index (χ2n) is 3.24. The number of carbonyl (C=O) groups is 1. The lowest BCUT2D eigenvalue weighted by Gasteiger charge is -2.14. The zero-order valence-electron chi connectivity index (χ0n) is 10.2. The van der Waals surface area contributed by atoms with E-state index in [9.17, 15) is 4.79 Å². The van der Waals surface area contributed by atoms with Crippen LogP contribution in [0.3, 0.4) is 0 Å². The molecule has 0 bridgehead atoms. The quantitative estimate of drug-likeness (QED) is 0.850. The van der Waals surface area contributed by atoms with Gasteiger partial charge in [0.25, 0.3) is 0 Å². The van der Waals surface area contributed by atoms with Gasteiger partial charge in [0.1, 0.15) is 22.0 Å². The Morgan fingerprint density at radius 1 is 1.22 bits per heavy atom. The van der Waals surface area contributed by atoms with Gasteiger partial charge in [0.2, 0.25) is 0 Å². The van der Waals surface area contributed by atoms with Crippen molar-refractivity contribution in [1.29, 1.82) is 0 Å². The standard InChI is InChI=1S/C11H14BrNO4.ClH/c1-15-7-4-6(10(13)11(14)17-3)5-8(16-2)9(7)12;/h4-5,10H,13H2,1-3H3;1H/t10-;/m1./s1. The summed E-state index contributed by atoms with van der Waals surface area (Å²) < 4.78 is 15.6. The smallest absolute Gasteiger partial charge is 0.327 e. The number of rotatable bonds is 4. The van der Waals surface area contributed by atoms with E-state index in [-0.39, 0.29) is 12.4 Å². The molecule has 0 unspecified atom stereocenters. The van der Waals surface area contributed by atoms with E-state index in [2.05, 4.69) is 20.7 Å². The lowest BCUT2D eigenvalue weighted by molar-refractivity contribution is -0.142. The summed E-state index contributed by atoms with van der Waals surface area (Å²) in [5, 5.41) is 0. The monoisotopic (exact) mass is 339 g/mol. The molecule has 0 amide bonds. The fourth-order valence-corrected chi connectivity index (χ4v) is 1.88. The number of nitrogens with two attached hydrogens (primary N) is 1. The minimum atomic E-state index is -0.865. The van der Waals surface area contributed by atoms with E-state index in [1.807, 2.05) is 0 Å². The van der Waals surface area contributed by atoms with Crippen molar-refractivity contribution in [3.05, 3.63) is 22.2 Å². The molecule has 18 heavy (non-hydrogen) atoms. The van der Waals surface area contributed by atoms with Crippen LogP contribution in [0.25, 0.3) is 0 Å². The van der Waals surface area contributed by atoms with Gasteiger partial charge in [0, 0.05) is 0 Å². The summed E-state index contributed by atoms with van der Waals surface area (Å²) in [6, 6.07) is 2.46. The lowest BCUT2D eigenvalue weighted by Crippen LogP contribution is -2.22. The molecule has 0 heterocycles. The van der Waals surface area contributed by atoms with Gasteiger partial charge in [0.05, 0.1) is 21.3 Å². The van der Waals surface area contributed by atoms with Gasteiger partial charge in [-0.15, -0.1) is 12.4 Å². The van der Waals surface area contributed by atoms with E-state index >= 15 is 0 Å². The zero-order chi connectivity index (χ0) is 13.0. The van der Waals surface area contributed by atoms with E-state index in [0.717, 1.165) is 0 Å². The fourth-order valence-electron chi connectivity index (χ4n) is 1.33. The number of hydrogen-bond acceptors (Lipinski definition) is 5. The molecule has 0 saturated carbocycles. The summed E-state index contributed by atoms with van der Waals surface area (Å²) in [7, 11) is 4.33. The maximum Gasteiger partial charge on any atom is 0.327 e. The third-order valence-electron chi connectivity index (χ3n) is 2.28. The Bertz CT molecular complexity index is 402. The zero-order valence-corrected chi connectivity index (χ0v) is 12.6. The number of carbonyl (C=O) groups excluding carboxylic acids is 1. The summed E-state index contributed by atoms with van der Waals surface area (Å²) in [5.41, 5.74) is 6.31. The summed E-state index contributed by atoms with van der Waals surface area (Å²) >= 11 is 3.33. The van der Waals surface area contributed by atoms with E-state index in [1.54, 1.807) is 12.1 Å². The molecule has 0 aromatic heterocycles. The predicted octanol–water partition coefficient (Wildman–Crippen LogP) is 2.06. The van der Waals surface area contributed by atoms with Crippen LogP contribution in [0.15, 0.2) is 16.6 Å². The number of methoxy groups -OCH3 is 3. The number of esters is 1. The first-order chi connectivity index (χ1) is 8.04. The molecule has 0 radical (unpaired) electrons. The summed E-state index contributed by atoms with van der Waals surface area (Å²) in [5.74, 6) is 0.564. The van der Waals surface area contributed by atoms with Crippen LogP contribution in [0.4, 0.5) is 0 Å². The Balaban J connectivity index is 0.00000289. The SMILES string of the molecule is COC(=O)[C@H](N)c1cc(OC)c(Br)c(OC)c1.Cl. The summed E-state index contributed by atoms with van der Waals surface area (Å²) in [6.07, 6.45) is 0. The average Bonchev–Trinajstić information content (AvgIpc) is 2.37. The van der Waals surface area contributed by atoms with Gasteiger partial charge < -0.3 is 19.9 Å². The van der Waals surface area contributed by atoms with Crippen molar-refractivity contribution < 1.29 is 19.0 Å². The first-order valence-corrected chi connectivity index (χ1v) is 5.59. The Morgan fingerprint density at radius 2 is 1.67 bits per heavy atom. The minimum Gasteiger partial charge on any atom is -0.495 e. The normalized spacial score (nSPS) is 11.2. The van der Waals surface area contributed by atoms with Crippen molar-refractivity contribution in [2.75, 3.05) is 21.3 Å². The van der Waals surface area contributed by atoms with Gasteiger partial charge in [-0.3, -0.25) is 4.79 Å². The van der Waals surface area contributed by atoms with E-state index < -0.39 is 12.0 Å². The van der Waals surface area contributed by atoms with Crippen LogP contribution in [0, 0.1) is 0 Å². The average molecular weight is 341 g/mol. The molecular weight excluding hydrogens is 325 g/mol. The molecule has 0 fully saturated rings. The molecular formula is C11H15BrClNO4. The van der Waals surface area contributed by atoms with Gasteiger partial charge in [-0.2, -0.15) is 0 Å². The second kappa shape index (κ2) is 7.45. The van der Waals surface area contributed by atoms with Crippen molar-refractivity contribution in [3.63, 3.8) is 0 Å². The first kappa shape index (κ1) is 17.0. The molecule has 102 valence electrons. The number of hydrogen-bond donors (Lipinski definition) is 1. The fraction of sp³-hybridized carbons (Fsp3) is 0.364. The molecule has 0 aliphatic rings. The molecule has 7 heteroatoms. The van der Waals surface area contributed by atoms with Gasteiger partial charge in [0.15, 0.2) is 0 Å². The third kappa shape index (κ3) is 3.51. The van der Waals surface area contributed by atoms with Crippen LogP contribution in [0.1, 0.15) is 11.6 Å². The Morgan fingerprint density at radius 3 is 2.00 bits per heavy atom. The van der Waals surface area contributed by atoms with Crippen molar-refractivity contribution in [1.82, 2.24) is 0 Å². The Kier molecular flexibility index (Phi) is 7.05. The summed E-state index contributed by atoms with van der Waals surface area (Å²) in [4.78, 5) is 11.4. The second-order valence-corrected chi connectivity index (χ2v) is 4.03. The molecule has 0 aliphatic heterocycles. The van der Waals surface area contributed by atoms with E-state index in [4.69, 9.17) is 15.2 Å².